The molecule has 0 saturated heterocycles. The summed E-state index contributed by atoms with van der Waals surface area (Å²) in [6.07, 6.45) is -1.02. The number of ether oxygens (including phenoxy) is 2. The van der Waals surface area contributed by atoms with Gasteiger partial charge in [0.2, 0.25) is 0 Å². The Labute approximate surface area is 145 Å². The van der Waals surface area contributed by atoms with E-state index in [1.807, 2.05) is 0 Å². The zero-order valence-electron chi connectivity index (χ0n) is 13.1. The number of hydrogen-bond donors (Lipinski definition) is 0. The summed E-state index contributed by atoms with van der Waals surface area (Å²) in [5.74, 6) is 0.225. The van der Waals surface area contributed by atoms with E-state index in [2.05, 4.69) is 0 Å². The molecule has 0 aliphatic heterocycles. The predicted octanol–water partition coefficient (Wildman–Crippen LogP) is 3.70. The van der Waals surface area contributed by atoms with Crippen molar-refractivity contribution in [3.8, 4) is 5.75 Å². The van der Waals surface area contributed by atoms with Gasteiger partial charge in [0.1, 0.15) is 11.4 Å². The van der Waals surface area contributed by atoms with Gasteiger partial charge in [-0.05, 0) is 43.3 Å². The molecule has 6 nitrogen and oxygen atoms in total. The highest BCUT2D eigenvalue weighted by atomic mass is 35.5. The highest BCUT2D eigenvalue weighted by Gasteiger charge is 2.34. The average Bonchev–Trinajstić information content (AvgIpc) is 2.56. The molecule has 0 heterocycles. The zero-order valence-corrected chi connectivity index (χ0v) is 14.7. The smallest absolute Gasteiger partial charge is 0.428 e. The van der Waals surface area contributed by atoms with E-state index in [0.717, 1.165) is 0 Å². The lowest BCUT2D eigenvalue weighted by Gasteiger charge is -2.23. The molecule has 0 aliphatic carbocycles. The van der Waals surface area contributed by atoms with Crippen LogP contribution in [-0.2, 0) is 14.8 Å². The molecule has 24 heavy (non-hydrogen) atoms. The number of amides is 1. The Morgan fingerprint density at radius 1 is 1.12 bits per heavy atom. The second kappa shape index (κ2) is 7.55. The van der Waals surface area contributed by atoms with Crippen molar-refractivity contribution in [1.29, 1.82) is 0 Å². The topological polar surface area (TPSA) is 72.9 Å². The molecule has 2 rings (SSSR count). The van der Waals surface area contributed by atoms with Crippen LogP contribution in [0.3, 0.4) is 0 Å². The van der Waals surface area contributed by atoms with Crippen LogP contribution in [0.2, 0.25) is 5.02 Å². The number of hydrogen-bond acceptors (Lipinski definition) is 5. The first kappa shape index (κ1) is 18.1. The molecule has 8 heteroatoms. The third-order valence-corrected chi connectivity index (χ3v) is 5.04. The molecule has 128 valence electrons. The van der Waals surface area contributed by atoms with Crippen LogP contribution in [0.25, 0.3) is 0 Å². The molecule has 0 atom stereocenters. The summed E-state index contributed by atoms with van der Waals surface area (Å²) >= 11 is 5.80. The Hall–Kier alpha value is -2.25. The van der Waals surface area contributed by atoms with Crippen LogP contribution in [0.5, 0.6) is 5.75 Å². The zero-order chi connectivity index (χ0) is 17.7. The number of anilines is 1. The molecule has 0 aromatic heterocycles. The van der Waals surface area contributed by atoms with E-state index >= 15 is 0 Å². The van der Waals surface area contributed by atoms with Crippen LogP contribution in [0.15, 0.2) is 53.4 Å². The molecule has 0 unspecified atom stereocenters. The fourth-order valence-electron chi connectivity index (χ4n) is 2.02. The normalized spacial score (nSPS) is 11.0. The highest BCUT2D eigenvalue weighted by molar-refractivity contribution is 7.93. The minimum absolute atomic E-state index is 0.0284. The second-order valence-corrected chi connectivity index (χ2v) is 6.82. The van der Waals surface area contributed by atoms with Gasteiger partial charge in [0, 0.05) is 5.02 Å². The first-order valence-electron chi connectivity index (χ1n) is 7.02. The summed E-state index contributed by atoms with van der Waals surface area (Å²) in [7, 11) is -2.82. The maximum Gasteiger partial charge on any atom is 0.428 e. The lowest BCUT2D eigenvalue weighted by molar-refractivity contribution is 0.164. The third-order valence-electron chi connectivity index (χ3n) is 3.09. The predicted molar refractivity (Wildman–Crippen MR) is 91.1 cm³/mol. The second-order valence-electron chi connectivity index (χ2n) is 4.59. The fourth-order valence-corrected chi connectivity index (χ4v) is 3.49. The Bertz CT molecular complexity index is 821. The van der Waals surface area contributed by atoms with Crippen LogP contribution in [0.1, 0.15) is 6.92 Å². The van der Waals surface area contributed by atoms with Crippen molar-refractivity contribution >= 4 is 33.4 Å². The monoisotopic (exact) mass is 369 g/mol. The van der Waals surface area contributed by atoms with Gasteiger partial charge in [0.15, 0.2) is 0 Å². The van der Waals surface area contributed by atoms with Crippen LogP contribution in [0, 0.1) is 0 Å². The number of para-hydroxylation sites is 2. The molecular weight excluding hydrogens is 354 g/mol. The first-order valence-corrected chi connectivity index (χ1v) is 8.84. The first-order chi connectivity index (χ1) is 11.4. The van der Waals surface area contributed by atoms with Crippen LogP contribution in [-0.4, -0.2) is 28.2 Å². The number of rotatable bonds is 5. The maximum absolute atomic E-state index is 13.0. The van der Waals surface area contributed by atoms with Crippen LogP contribution in [0.4, 0.5) is 10.5 Å². The van der Waals surface area contributed by atoms with Crippen molar-refractivity contribution in [3.63, 3.8) is 0 Å². The standard InChI is InChI=1S/C16H16ClNO5S/c1-3-23-16(19)18(14-6-4-5-7-15(14)22-2)24(20,21)13-10-8-12(17)9-11-13/h4-11H,3H2,1-2H3. The minimum Gasteiger partial charge on any atom is -0.495 e. The fraction of sp³-hybridized carbons (Fsp3) is 0.188. The van der Waals surface area contributed by atoms with Gasteiger partial charge in [0.05, 0.1) is 18.6 Å². The summed E-state index contributed by atoms with van der Waals surface area (Å²) in [6.45, 7) is 1.62. The molecule has 2 aromatic carbocycles. The Morgan fingerprint density at radius 2 is 1.75 bits per heavy atom. The molecule has 0 aliphatic rings. The van der Waals surface area contributed by atoms with Gasteiger partial charge in [0.25, 0.3) is 10.0 Å². The van der Waals surface area contributed by atoms with Crippen molar-refractivity contribution < 1.29 is 22.7 Å². The van der Waals surface area contributed by atoms with Gasteiger partial charge in [-0.3, -0.25) is 0 Å². The Kier molecular flexibility index (Phi) is 5.69. The van der Waals surface area contributed by atoms with Crippen molar-refractivity contribution in [2.45, 2.75) is 11.8 Å². The van der Waals surface area contributed by atoms with Gasteiger partial charge < -0.3 is 9.47 Å². The van der Waals surface area contributed by atoms with Crippen LogP contribution < -0.4 is 9.04 Å². The Balaban J connectivity index is 2.62. The molecule has 0 radical (unpaired) electrons. The Morgan fingerprint density at radius 3 is 2.33 bits per heavy atom. The number of carbonyl (C=O) groups is 1. The summed E-state index contributed by atoms with van der Waals surface area (Å²) in [5.41, 5.74) is 0.0633. The van der Waals surface area contributed by atoms with E-state index in [0.29, 0.717) is 9.33 Å². The van der Waals surface area contributed by atoms with E-state index in [1.165, 1.54) is 37.4 Å². The summed E-state index contributed by atoms with van der Waals surface area (Å²) < 4.78 is 36.6. The molecule has 0 spiro atoms. The van der Waals surface area contributed by atoms with E-state index < -0.39 is 16.1 Å². The number of nitrogens with zero attached hydrogens (tertiary/aromatic N) is 1. The van der Waals surface area contributed by atoms with Crippen molar-refractivity contribution in [3.05, 3.63) is 53.6 Å². The molecule has 0 bridgehead atoms. The number of carbonyl (C=O) groups excluding carboxylic acids is 1. The van der Waals surface area contributed by atoms with E-state index in [9.17, 15) is 13.2 Å². The lowest BCUT2D eigenvalue weighted by Crippen LogP contribution is -2.37. The van der Waals surface area contributed by atoms with E-state index in [1.54, 1.807) is 25.1 Å². The van der Waals surface area contributed by atoms with Gasteiger partial charge in [-0.25, -0.2) is 13.2 Å². The lowest BCUT2D eigenvalue weighted by atomic mass is 10.3. The minimum atomic E-state index is -4.20. The van der Waals surface area contributed by atoms with Crippen molar-refractivity contribution in [2.24, 2.45) is 0 Å². The molecule has 0 saturated carbocycles. The number of methoxy groups -OCH3 is 1. The average molecular weight is 370 g/mol. The summed E-state index contributed by atoms with van der Waals surface area (Å²) in [4.78, 5) is 12.2. The third kappa shape index (κ3) is 3.63. The van der Waals surface area contributed by atoms with Gasteiger partial charge in [-0.2, -0.15) is 4.31 Å². The van der Waals surface area contributed by atoms with Crippen molar-refractivity contribution in [2.75, 3.05) is 18.0 Å². The van der Waals surface area contributed by atoms with Gasteiger partial charge in [-0.1, -0.05) is 23.7 Å². The number of benzene rings is 2. The van der Waals surface area contributed by atoms with Crippen LogP contribution >= 0.6 is 11.6 Å². The molecule has 2 aromatic rings. The SMILES string of the molecule is CCOC(=O)N(c1ccccc1OC)S(=O)(=O)c1ccc(Cl)cc1. The number of halogens is 1. The van der Waals surface area contributed by atoms with Gasteiger partial charge >= 0.3 is 6.09 Å². The number of sulfonamides is 1. The largest absolute Gasteiger partial charge is 0.495 e. The van der Waals surface area contributed by atoms with E-state index in [4.69, 9.17) is 21.1 Å². The quantitative estimate of drug-likeness (QED) is 0.803. The maximum atomic E-state index is 13.0. The molecular formula is C16H16ClNO5S. The highest BCUT2D eigenvalue weighted by Crippen LogP contribution is 2.33. The van der Waals surface area contributed by atoms with Gasteiger partial charge in [-0.15, -0.1) is 0 Å². The van der Waals surface area contributed by atoms with E-state index in [-0.39, 0.29) is 22.9 Å². The molecule has 1 amide bonds. The summed E-state index contributed by atoms with van der Waals surface area (Å²) in [5, 5.41) is 0.383. The van der Waals surface area contributed by atoms with Crippen molar-refractivity contribution in [1.82, 2.24) is 0 Å². The molecule has 0 N–H and O–H groups in total. The molecule has 0 fully saturated rings. The summed E-state index contributed by atoms with van der Waals surface area (Å²) in [6, 6.07) is 11.8.